The molecule has 29 heavy (non-hydrogen) atoms. The van der Waals surface area contributed by atoms with Crippen molar-refractivity contribution in [3.8, 4) is 0 Å². The van der Waals surface area contributed by atoms with E-state index in [0.29, 0.717) is 31.8 Å². The zero-order valence-corrected chi connectivity index (χ0v) is 17.8. The number of aryl methyl sites for hydroxylation is 1. The number of aromatic nitrogens is 4. The van der Waals surface area contributed by atoms with Crippen LogP contribution in [0.5, 0.6) is 0 Å². The molecular weight excluding hydrogens is 392 g/mol. The predicted molar refractivity (Wildman–Crippen MR) is 107 cm³/mol. The fourth-order valence-electron chi connectivity index (χ4n) is 3.84. The molecular formula is C19H28N6O3S. The molecule has 1 aromatic heterocycles. The lowest BCUT2D eigenvalue weighted by Crippen LogP contribution is -2.42. The number of sulfone groups is 1. The maximum absolute atomic E-state index is 12.9. The molecule has 9 nitrogen and oxygen atoms in total. The van der Waals surface area contributed by atoms with E-state index in [1.54, 1.807) is 24.3 Å². The largest absolute Gasteiger partial charge is 0.369 e. The number of hydrogen-bond acceptors (Lipinski definition) is 7. The Bertz CT molecular complexity index is 947. The summed E-state index contributed by atoms with van der Waals surface area (Å²) in [5, 5.41) is 11.9. The second-order valence-corrected chi connectivity index (χ2v) is 9.95. The first kappa shape index (κ1) is 21.4. The maximum Gasteiger partial charge on any atom is 0.220 e. The van der Waals surface area contributed by atoms with Crippen molar-refractivity contribution in [1.82, 2.24) is 25.1 Å². The molecule has 3 rings (SSSR count). The van der Waals surface area contributed by atoms with Gasteiger partial charge in [-0.25, -0.2) is 13.1 Å². The summed E-state index contributed by atoms with van der Waals surface area (Å²) < 4.78 is 27.1. The number of rotatable bonds is 7. The molecule has 0 saturated carbocycles. The van der Waals surface area contributed by atoms with E-state index in [0.717, 1.165) is 5.56 Å². The summed E-state index contributed by atoms with van der Waals surface area (Å²) in [6.45, 7) is 7.39. The number of primary amides is 1. The van der Waals surface area contributed by atoms with E-state index in [9.17, 15) is 13.2 Å². The lowest BCUT2D eigenvalue weighted by Gasteiger charge is -2.37. The van der Waals surface area contributed by atoms with Crippen LogP contribution in [0.25, 0.3) is 0 Å². The van der Waals surface area contributed by atoms with Crippen molar-refractivity contribution in [3.05, 3.63) is 35.7 Å². The van der Waals surface area contributed by atoms with E-state index in [-0.39, 0.29) is 34.6 Å². The molecule has 1 amide bonds. The van der Waals surface area contributed by atoms with E-state index in [1.165, 1.54) is 4.68 Å². The molecule has 1 fully saturated rings. The quantitative estimate of drug-likeness (QED) is 0.716. The molecule has 1 atom stereocenters. The topological polar surface area (TPSA) is 124 Å². The monoisotopic (exact) mass is 420 g/mol. The summed E-state index contributed by atoms with van der Waals surface area (Å²) in [7, 11) is -3.59. The van der Waals surface area contributed by atoms with Crippen molar-refractivity contribution in [1.29, 1.82) is 0 Å². The fourth-order valence-corrected chi connectivity index (χ4v) is 5.05. The molecule has 1 aliphatic rings. The molecule has 0 bridgehead atoms. The molecule has 2 N–H and O–H groups in total. The third-order valence-corrected chi connectivity index (χ3v) is 7.03. The van der Waals surface area contributed by atoms with Crippen LogP contribution in [0.2, 0.25) is 0 Å². The number of nitrogens with two attached hydrogens (primary N) is 1. The van der Waals surface area contributed by atoms with Crippen LogP contribution < -0.4 is 5.73 Å². The van der Waals surface area contributed by atoms with E-state index in [2.05, 4.69) is 34.3 Å². The number of nitrogens with zero attached hydrogens (tertiary/aromatic N) is 5. The third kappa shape index (κ3) is 4.81. The summed E-state index contributed by atoms with van der Waals surface area (Å²) in [5.41, 5.74) is 6.43. The second kappa shape index (κ2) is 8.58. The molecule has 2 aromatic rings. The molecule has 0 spiro atoms. The van der Waals surface area contributed by atoms with Gasteiger partial charge in [0.1, 0.15) is 0 Å². The van der Waals surface area contributed by atoms with Gasteiger partial charge in [0.15, 0.2) is 21.5 Å². The standard InChI is InChI=1S/C19H28N6O3S/c1-13(2)17(24-10-8-15(9-11-24)18(20)26)19-21-22-23-25(19)12-29(27,28)16-6-4-14(3)5-7-16/h4-7,13,15,17H,8-12H2,1-3H3,(H2,20,26)/t17-/m0/s1. The Morgan fingerprint density at radius 1 is 1.21 bits per heavy atom. The zero-order valence-electron chi connectivity index (χ0n) is 17.0. The maximum atomic E-state index is 12.9. The van der Waals surface area contributed by atoms with Crippen LogP contribution in [0.15, 0.2) is 29.2 Å². The molecule has 10 heteroatoms. The first-order valence-corrected chi connectivity index (χ1v) is 11.4. The van der Waals surface area contributed by atoms with Crippen molar-refractivity contribution >= 4 is 15.7 Å². The molecule has 158 valence electrons. The van der Waals surface area contributed by atoms with Gasteiger partial charge in [0, 0.05) is 5.92 Å². The molecule has 0 aliphatic carbocycles. The molecule has 1 aromatic carbocycles. The Hall–Kier alpha value is -2.33. The van der Waals surface area contributed by atoms with E-state index < -0.39 is 9.84 Å². The van der Waals surface area contributed by atoms with Crippen LogP contribution in [0, 0.1) is 18.8 Å². The molecule has 2 heterocycles. The second-order valence-electron chi connectivity index (χ2n) is 7.99. The van der Waals surface area contributed by atoms with Gasteiger partial charge in [-0.15, -0.1) is 5.10 Å². The highest BCUT2D eigenvalue weighted by Gasteiger charge is 2.34. The third-order valence-electron chi connectivity index (χ3n) is 5.45. The van der Waals surface area contributed by atoms with Gasteiger partial charge >= 0.3 is 0 Å². The van der Waals surface area contributed by atoms with Gasteiger partial charge in [0.05, 0.1) is 10.9 Å². The number of tetrazole rings is 1. The smallest absolute Gasteiger partial charge is 0.220 e. The van der Waals surface area contributed by atoms with Gasteiger partial charge in [0.25, 0.3) is 0 Å². The van der Waals surface area contributed by atoms with Gasteiger partial charge in [-0.1, -0.05) is 31.5 Å². The SMILES string of the molecule is Cc1ccc(S(=O)(=O)Cn2nnnc2[C@H](C(C)C)N2CCC(C(N)=O)CC2)cc1. The highest BCUT2D eigenvalue weighted by molar-refractivity contribution is 7.90. The molecule has 1 saturated heterocycles. The summed E-state index contributed by atoms with van der Waals surface area (Å²) >= 11 is 0. The minimum Gasteiger partial charge on any atom is -0.369 e. The fraction of sp³-hybridized carbons (Fsp3) is 0.579. The number of benzene rings is 1. The van der Waals surface area contributed by atoms with Crippen molar-refractivity contribution in [3.63, 3.8) is 0 Å². The molecule has 0 radical (unpaired) electrons. The number of hydrogen-bond donors (Lipinski definition) is 1. The van der Waals surface area contributed by atoms with Crippen LogP contribution in [-0.2, 0) is 20.5 Å². The Morgan fingerprint density at radius 3 is 2.38 bits per heavy atom. The summed E-state index contributed by atoms with van der Waals surface area (Å²) in [5.74, 6) is -0.0174. The summed E-state index contributed by atoms with van der Waals surface area (Å²) in [4.78, 5) is 13.9. The predicted octanol–water partition coefficient (Wildman–Crippen LogP) is 1.31. The average Bonchev–Trinajstić information content (AvgIpc) is 3.09. The van der Waals surface area contributed by atoms with Crippen LogP contribution in [0.1, 0.15) is 44.1 Å². The minimum atomic E-state index is -3.59. The van der Waals surface area contributed by atoms with E-state index in [1.807, 2.05) is 6.92 Å². The minimum absolute atomic E-state index is 0.114. The van der Waals surface area contributed by atoms with Crippen molar-refractivity contribution in [2.75, 3.05) is 13.1 Å². The van der Waals surface area contributed by atoms with Crippen LogP contribution in [0.3, 0.4) is 0 Å². The Kier molecular flexibility index (Phi) is 6.33. The number of amides is 1. The first-order valence-electron chi connectivity index (χ1n) is 9.78. The van der Waals surface area contributed by atoms with Crippen molar-refractivity contribution in [2.45, 2.75) is 50.4 Å². The lowest BCUT2D eigenvalue weighted by molar-refractivity contribution is -0.123. The van der Waals surface area contributed by atoms with Crippen LogP contribution >= 0.6 is 0 Å². The first-order chi connectivity index (χ1) is 13.7. The van der Waals surface area contributed by atoms with E-state index in [4.69, 9.17) is 5.73 Å². The lowest BCUT2D eigenvalue weighted by atomic mass is 9.92. The van der Waals surface area contributed by atoms with Crippen molar-refractivity contribution < 1.29 is 13.2 Å². The number of likely N-dealkylation sites (tertiary alicyclic amines) is 1. The Morgan fingerprint density at radius 2 is 1.83 bits per heavy atom. The summed E-state index contributed by atoms with van der Waals surface area (Å²) in [6, 6.07) is 6.60. The number of carbonyl (C=O) groups is 1. The van der Waals surface area contributed by atoms with Gasteiger partial charge in [-0.2, -0.15) is 0 Å². The van der Waals surface area contributed by atoms with E-state index >= 15 is 0 Å². The average molecular weight is 421 g/mol. The van der Waals surface area contributed by atoms with Gasteiger partial charge in [-0.05, 0) is 61.3 Å². The van der Waals surface area contributed by atoms with Gasteiger partial charge in [0.2, 0.25) is 5.91 Å². The van der Waals surface area contributed by atoms with Crippen LogP contribution in [-0.4, -0.2) is 52.5 Å². The van der Waals surface area contributed by atoms with Crippen molar-refractivity contribution in [2.24, 2.45) is 17.6 Å². The number of piperidine rings is 1. The molecule has 0 unspecified atom stereocenters. The van der Waals surface area contributed by atoms with Crippen LogP contribution in [0.4, 0.5) is 0 Å². The Labute approximate surface area is 171 Å². The zero-order chi connectivity index (χ0) is 21.2. The highest BCUT2D eigenvalue weighted by atomic mass is 32.2. The van der Waals surface area contributed by atoms with Gasteiger partial charge in [-0.3, -0.25) is 9.69 Å². The molecule has 1 aliphatic heterocycles. The van der Waals surface area contributed by atoms with Gasteiger partial charge < -0.3 is 5.73 Å². The normalized spacial score (nSPS) is 17.5. The summed E-state index contributed by atoms with van der Waals surface area (Å²) in [6.07, 6.45) is 1.36. The highest BCUT2D eigenvalue weighted by Crippen LogP contribution is 2.31. The number of carbonyl (C=O) groups excluding carboxylic acids is 1. The Balaban J connectivity index is 1.83.